The van der Waals surface area contributed by atoms with Crippen molar-refractivity contribution in [1.29, 1.82) is 0 Å². The average Bonchev–Trinajstić information content (AvgIpc) is 2.49. The fourth-order valence-electron chi connectivity index (χ4n) is 3.37. The molecule has 3 N–H and O–H groups in total. The van der Waals surface area contributed by atoms with Crippen LogP contribution in [-0.4, -0.2) is 7.11 Å². The molecule has 0 aliphatic heterocycles. The average molecular weight is 280 g/mol. The molecule has 3 nitrogen and oxygen atoms in total. The van der Waals surface area contributed by atoms with E-state index in [0.717, 1.165) is 18.8 Å². The van der Waals surface area contributed by atoms with E-state index in [9.17, 15) is 4.39 Å². The first kappa shape index (κ1) is 15.3. The van der Waals surface area contributed by atoms with E-state index in [0.29, 0.717) is 17.2 Å². The predicted octanol–water partition coefficient (Wildman–Crippen LogP) is 3.56. The van der Waals surface area contributed by atoms with Crippen LogP contribution in [0.4, 0.5) is 4.39 Å². The van der Waals surface area contributed by atoms with Crippen LogP contribution in [0.2, 0.25) is 0 Å². The first-order chi connectivity index (χ1) is 9.69. The summed E-state index contributed by atoms with van der Waals surface area (Å²) in [6.45, 7) is 2.23. The lowest BCUT2D eigenvalue weighted by Gasteiger charge is -2.34. The summed E-state index contributed by atoms with van der Waals surface area (Å²) in [5.41, 5.74) is 3.48. The minimum absolute atomic E-state index is 0.116. The molecule has 0 spiro atoms. The van der Waals surface area contributed by atoms with Crippen molar-refractivity contribution in [2.45, 2.75) is 45.1 Å². The smallest absolute Gasteiger partial charge is 0.131 e. The second kappa shape index (κ2) is 7.04. The quantitative estimate of drug-likeness (QED) is 0.640. The summed E-state index contributed by atoms with van der Waals surface area (Å²) in [5, 5.41) is 0. The van der Waals surface area contributed by atoms with Gasteiger partial charge in [-0.15, -0.1) is 0 Å². The number of rotatable bonds is 5. The van der Waals surface area contributed by atoms with Crippen molar-refractivity contribution in [2.24, 2.45) is 17.7 Å². The molecule has 3 atom stereocenters. The maximum absolute atomic E-state index is 14.2. The zero-order valence-electron chi connectivity index (χ0n) is 12.4. The van der Waals surface area contributed by atoms with Gasteiger partial charge in [-0.25, -0.2) is 4.39 Å². The lowest BCUT2D eigenvalue weighted by Crippen LogP contribution is -2.36. The first-order valence-corrected chi connectivity index (χ1v) is 7.49. The van der Waals surface area contributed by atoms with Gasteiger partial charge in [-0.2, -0.15) is 0 Å². The van der Waals surface area contributed by atoms with E-state index in [1.54, 1.807) is 19.2 Å². The Hall–Kier alpha value is -1.13. The lowest BCUT2D eigenvalue weighted by atomic mass is 9.75. The van der Waals surface area contributed by atoms with Gasteiger partial charge in [0.05, 0.1) is 13.2 Å². The van der Waals surface area contributed by atoms with Gasteiger partial charge >= 0.3 is 0 Å². The molecule has 1 saturated carbocycles. The third-order valence-corrected chi connectivity index (χ3v) is 4.59. The largest absolute Gasteiger partial charge is 0.497 e. The van der Waals surface area contributed by atoms with E-state index in [-0.39, 0.29) is 11.9 Å². The molecule has 0 bridgehead atoms. The summed E-state index contributed by atoms with van der Waals surface area (Å²) in [7, 11) is 1.54. The van der Waals surface area contributed by atoms with E-state index in [1.165, 1.54) is 25.3 Å². The Bertz CT molecular complexity index is 438. The summed E-state index contributed by atoms with van der Waals surface area (Å²) in [6.07, 6.45) is 5.92. The van der Waals surface area contributed by atoms with Gasteiger partial charge in [0.15, 0.2) is 0 Å². The van der Waals surface area contributed by atoms with Crippen molar-refractivity contribution in [3.05, 3.63) is 29.6 Å². The molecule has 1 aromatic carbocycles. The number of ether oxygens (including phenoxy) is 1. The molecular formula is C16H25FN2O. The fraction of sp³-hybridized carbons (Fsp3) is 0.625. The van der Waals surface area contributed by atoms with Crippen LogP contribution in [0.3, 0.4) is 0 Å². The predicted molar refractivity (Wildman–Crippen MR) is 78.8 cm³/mol. The molecule has 0 saturated heterocycles. The Morgan fingerprint density at radius 3 is 2.85 bits per heavy atom. The number of methoxy groups -OCH3 is 1. The van der Waals surface area contributed by atoms with E-state index in [4.69, 9.17) is 10.6 Å². The molecule has 2 rings (SSSR count). The SMILES string of the molecule is CCC1CCCC(C(NN)c2ccc(OC)cc2F)C1. The topological polar surface area (TPSA) is 47.3 Å². The van der Waals surface area contributed by atoms with Crippen LogP contribution in [0.15, 0.2) is 18.2 Å². The van der Waals surface area contributed by atoms with Crippen LogP contribution in [0.5, 0.6) is 5.75 Å². The molecule has 112 valence electrons. The molecule has 1 aliphatic carbocycles. The molecule has 1 aliphatic rings. The molecule has 20 heavy (non-hydrogen) atoms. The summed E-state index contributed by atoms with van der Waals surface area (Å²) in [6, 6.07) is 4.90. The van der Waals surface area contributed by atoms with Crippen molar-refractivity contribution in [2.75, 3.05) is 7.11 Å². The van der Waals surface area contributed by atoms with Crippen molar-refractivity contribution in [3.63, 3.8) is 0 Å². The minimum Gasteiger partial charge on any atom is -0.497 e. The normalized spacial score (nSPS) is 24.4. The second-order valence-corrected chi connectivity index (χ2v) is 5.73. The monoisotopic (exact) mass is 280 g/mol. The molecular weight excluding hydrogens is 255 g/mol. The molecule has 4 heteroatoms. The third-order valence-electron chi connectivity index (χ3n) is 4.59. The number of hydrogen-bond donors (Lipinski definition) is 2. The highest BCUT2D eigenvalue weighted by atomic mass is 19.1. The zero-order chi connectivity index (χ0) is 14.5. The molecule has 3 unspecified atom stereocenters. The first-order valence-electron chi connectivity index (χ1n) is 7.49. The number of nitrogens with two attached hydrogens (primary N) is 1. The second-order valence-electron chi connectivity index (χ2n) is 5.73. The summed E-state index contributed by atoms with van der Waals surface area (Å²) in [5.74, 6) is 7.15. The number of benzene rings is 1. The highest BCUT2D eigenvalue weighted by Crippen LogP contribution is 2.39. The molecule has 0 aromatic heterocycles. The molecule has 0 heterocycles. The molecule has 0 amide bonds. The summed E-state index contributed by atoms with van der Waals surface area (Å²) >= 11 is 0. The number of hydrazine groups is 1. The Morgan fingerprint density at radius 2 is 2.25 bits per heavy atom. The van der Waals surface area contributed by atoms with Gasteiger partial charge in [0.25, 0.3) is 0 Å². The van der Waals surface area contributed by atoms with Gasteiger partial charge in [0, 0.05) is 11.6 Å². The van der Waals surface area contributed by atoms with E-state index in [1.807, 2.05) is 0 Å². The van der Waals surface area contributed by atoms with Crippen molar-refractivity contribution in [3.8, 4) is 5.75 Å². The van der Waals surface area contributed by atoms with Crippen LogP contribution in [0.1, 0.15) is 50.6 Å². The van der Waals surface area contributed by atoms with E-state index in [2.05, 4.69) is 12.3 Å². The summed E-state index contributed by atoms with van der Waals surface area (Å²) < 4.78 is 19.3. The van der Waals surface area contributed by atoms with Crippen LogP contribution in [0, 0.1) is 17.7 Å². The van der Waals surface area contributed by atoms with Gasteiger partial charge in [-0.3, -0.25) is 11.3 Å². The van der Waals surface area contributed by atoms with E-state index >= 15 is 0 Å². The third kappa shape index (κ3) is 3.30. The Labute approximate surface area is 120 Å². The maximum Gasteiger partial charge on any atom is 0.131 e. The van der Waals surface area contributed by atoms with Gasteiger partial charge in [-0.05, 0) is 30.7 Å². The number of nitrogens with one attached hydrogen (secondary N) is 1. The molecule has 1 fully saturated rings. The van der Waals surface area contributed by atoms with Gasteiger partial charge in [0.1, 0.15) is 11.6 Å². The molecule has 1 aromatic rings. The lowest BCUT2D eigenvalue weighted by molar-refractivity contribution is 0.207. The Balaban J connectivity index is 2.19. The van der Waals surface area contributed by atoms with Gasteiger partial charge < -0.3 is 4.74 Å². The number of hydrogen-bond acceptors (Lipinski definition) is 3. The van der Waals surface area contributed by atoms with E-state index < -0.39 is 0 Å². The summed E-state index contributed by atoms with van der Waals surface area (Å²) in [4.78, 5) is 0. The Morgan fingerprint density at radius 1 is 1.45 bits per heavy atom. The minimum atomic E-state index is -0.245. The van der Waals surface area contributed by atoms with Crippen LogP contribution in [0.25, 0.3) is 0 Å². The highest BCUT2D eigenvalue weighted by Gasteiger charge is 2.29. The van der Waals surface area contributed by atoms with Gasteiger partial charge in [0.2, 0.25) is 0 Å². The van der Waals surface area contributed by atoms with Crippen LogP contribution < -0.4 is 16.0 Å². The van der Waals surface area contributed by atoms with Crippen molar-refractivity contribution < 1.29 is 9.13 Å². The van der Waals surface area contributed by atoms with Crippen molar-refractivity contribution in [1.82, 2.24) is 5.43 Å². The van der Waals surface area contributed by atoms with Gasteiger partial charge in [-0.1, -0.05) is 32.3 Å². The van der Waals surface area contributed by atoms with Crippen LogP contribution >= 0.6 is 0 Å². The Kier molecular flexibility index (Phi) is 5.38. The standard InChI is InChI=1S/C16H25FN2O/c1-3-11-5-4-6-12(9-11)16(19-18)14-8-7-13(20-2)10-15(14)17/h7-8,10-12,16,19H,3-6,9,18H2,1-2H3. The number of halogens is 1. The highest BCUT2D eigenvalue weighted by molar-refractivity contribution is 5.31. The maximum atomic E-state index is 14.2. The zero-order valence-corrected chi connectivity index (χ0v) is 12.4. The van der Waals surface area contributed by atoms with Crippen molar-refractivity contribution >= 4 is 0 Å². The molecule has 0 radical (unpaired) electrons. The fourth-order valence-corrected chi connectivity index (χ4v) is 3.37. The van der Waals surface area contributed by atoms with Crippen LogP contribution in [-0.2, 0) is 0 Å².